The minimum atomic E-state index is -0.346. The highest BCUT2D eigenvalue weighted by atomic mass is 19.1. The quantitative estimate of drug-likeness (QED) is 0.0996. The smallest absolute Gasteiger partial charge is 0.123 e. The van der Waals surface area contributed by atoms with Crippen molar-refractivity contribution in [2.45, 2.75) is 0 Å². The molecular weight excluding hydrogens is 873 g/mol. The lowest BCUT2D eigenvalue weighted by Crippen LogP contribution is -2.12. The first-order chi connectivity index (χ1) is 34.3. The van der Waals surface area contributed by atoms with Crippen LogP contribution in [0.4, 0.5) is 51.7 Å². The molecule has 0 N–H and O–H groups in total. The van der Waals surface area contributed by atoms with Gasteiger partial charge in [0.05, 0.1) is 11.4 Å². The summed E-state index contributed by atoms with van der Waals surface area (Å²) in [6, 6.07) is 76.3. The summed E-state index contributed by atoms with van der Waals surface area (Å²) >= 11 is 0. The molecule has 0 aliphatic rings. The lowest BCUT2D eigenvalue weighted by molar-refractivity contribution is 0.627. The van der Waals surface area contributed by atoms with E-state index in [1.165, 1.54) is 48.5 Å². The zero-order valence-electron chi connectivity index (χ0n) is 37.5. The summed E-state index contributed by atoms with van der Waals surface area (Å²) in [6.45, 7) is 0. The van der Waals surface area contributed by atoms with Gasteiger partial charge in [0.2, 0.25) is 0 Å². The number of hydrogen-bond donors (Lipinski definition) is 0. The average molecular weight is 913 g/mol. The number of halogens is 4. The van der Waals surface area contributed by atoms with Crippen molar-refractivity contribution in [2.75, 3.05) is 9.80 Å². The Morgan fingerprint density at radius 3 is 0.871 bits per heavy atom. The summed E-state index contributed by atoms with van der Waals surface area (Å²) in [6.07, 6.45) is 0. The number of nitrogens with zero attached hydrogens (tertiary/aromatic N) is 2. The summed E-state index contributed by atoms with van der Waals surface area (Å²) in [5.41, 5.74) is 12.4. The molecule has 12 rings (SSSR count). The Morgan fingerprint density at radius 2 is 0.529 bits per heavy atom. The van der Waals surface area contributed by atoms with Gasteiger partial charge in [0.15, 0.2) is 0 Å². The van der Waals surface area contributed by atoms with Gasteiger partial charge < -0.3 is 9.80 Å². The zero-order valence-corrected chi connectivity index (χ0v) is 37.5. The van der Waals surface area contributed by atoms with Crippen molar-refractivity contribution in [2.24, 2.45) is 0 Å². The van der Waals surface area contributed by atoms with Crippen molar-refractivity contribution in [1.29, 1.82) is 0 Å². The van der Waals surface area contributed by atoms with Crippen molar-refractivity contribution >= 4 is 66.4 Å². The monoisotopic (exact) mass is 912 g/mol. The molecule has 0 amide bonds. The Kier molecular flexibility index (Phi) is 10.6. The van der Waals surface area contributed by atoms with E-state index in [4.69, 9.17) is 0 Å². The predicted molar refractivity (Wildman–Crippen MR) is 281 cm³/mol. The molecule has 0 aromatic heterocycles. The third-order valence-corrected chi connectivity index (χ3v) is 13.2. The van der Waals surface area contributed by atoms with Crippen LogP contribution in [0.15, 0.2) is 243 Å². The molecule has 0 radical (unpaired) electrons. The normalized spacial score (nSPS) is 11.4. The molecular formula is C64H40F4N2. The first-order valence-electron chi connectivity index (χ1n) is 23.1. The topological polar surface area (TPSA) is 6.48 Å². The van der Waals surface area contributed by atoms with Crippen molar-refractivity contribution in [3.05, 3.63) is 266 Å². The molecule has 12 aromatic rings. The van der Waals surface area contributed by atoms with Crippen LogP contribution < -0.4 is 9.80 Å². The lowest BCUT2D eigenvalue weighted by atomic mass is 9.91. The number of anilines is 6. The number of rotatable bonds is 10. The summed E-state index contributed by atoms with van der Waals surface area (Å²) in [7, 11) is 0. The fourth-order valence-electron chi connectivity index (χ4n) is 9.89. The molecule has 0 atom stereocenters. The summed E-state index contributed by atoms with van der Waals surface area (Å²) in [4.78, 5) is 4.34. The van der Waals surface area contributed by atoms with Crippen LogP contribution in [0, 0.1) is 23.3 Å². The molecule has 0 aliphatic carbocycles. The van der Waals surface area contributed by atoms with Gasteiger partial charge in [0, 0.05) is 33.5 Å². The van der Waals surface area contributed by atoms with Crippen LogP contribution in [-0.4, -0.2) is 0 Å². The molecule has 70 heavy (non-hydrogen) atoms. The third-order valence-electron chi connectivity index (χ3n) is 13.2. The van der Waals surface area contributed by atoms with Gasteiger partial charge in [-0.25, -0.2) is 17.6 Å². The predicted octanol–water partition coefficient (Wildman–Crippen LogP) is 18.7. The molecule has 12 aromatic carbocycles. The van der Waals surface area contributed by atoms with Crippen LogP contribution >= 0.6 is 0 Å². The standard InChI is InChI=1S/C64H40F4N2/c65-51-19-11-43(12-20-51)49-35-47(41-7-3-1-4-8-41)37-57(39-49)69(55-27-23-53(67)24-28-55)61-33-17-45-16-32-60-62(34-18-46-15-31-59(61)63(45)64(46)60)70(56-29-25-54(68)26-30-56)58-38-48(42-9-5-2-6-10-42)36-50(40-58)44-13-21-52(66)22-14-44/h1-40H. The minimum Gasteiger partial charge on any atom is -0.310 e. The second-order valence-corrected chi connectivity index (χ2v) is 17.5. The van der Waals surface area contributed by atoms with Crippen molar-refractivity contribution in [3.8, 4) is 44.5 Å². The molecule has 2 nitrogen and oxygen atoms in total. The molecule has 0 saturated heterocycles. The summed E-state index contributed by atoms with van der Waals surface area (Å²) in [5, 5.41) is 6.12. The fraction of sp³-hybridized carbons (Fsp3) is 0. The third kappa shape index (κ3) is 7.85. The Labute approximate surface area is 402 Å². The highest BCUT2D eigenvalue weighted by molar-refractivity contribution is 6.28. The molecule has 0 fully saturated rings. The molecule has 6 heteroatoms. The SMILES string of the molecule is Fc1ccc(-c2cc(-c3ccccc3)cc(N(c3ccc(F)cc3)c3ccc4ccc5c(N(c6ccc(F)cc6)c6cc(-c7ccccc7)cc(-c7ccc(F)cc7)c6)ccc6ccc3c4c65)c2)cc1. The number of benzene rings is 12. The second-order valence-electron chi connectivity index (χ2n) is 17.5. The molecule has 334 valence electrons. The van der Waals surface area contributed by atoms with E-state index < -0.39 is 0 Å². The van der Waals surface area contributed by atoms with E-state index >= 15 is 0 Å². The second kappa shape index (κ2) is 17.6. The maximum absolute atomic E-state index is 14.8. The average Bonchev–Trinajstić information content (AvgIpc) is 3.40. The Hall–Kier alpha value is -9.00. The van der Waals surface area contributed by atoms with Gasteiger partial charge in [-0.05, 0) is 187 Å². The van der Waals surface area contributed by atoms with E-state index in [9.17, 15) is 17.6 Å². The van der Waals surface area contributed by atoms with Crippen molar-refractivity contribution in [3.63, 3.8) is 0 Å². The van der Waals surface area contributed by atoms with Crippen LogP contribution in [-0.2, 0) is 0 Å². The first kappa shape index (κ1) is 42.4. The fourth-order valence-corrected chi connectivity index (χ4v) is 9.89. The van der Waals surface area contributed by atoms with Crippen LogP contribution in [0.3, 0.4) is 0 Å². The van der Waals surface area contributed by atoms with Gasteiger partial charge in [0.25, 0.3) is 0 Å². The molecule has 0 bridgehead atoms. The number of hydrogen-bond acceptors (Lipinski definition) is 2. The molecule has 0 spiro atoms. The van der Waals surface area contributed by atoms with Gasteiger partial charge in [-0.15, -0.1) is 0 Å². The molecule has 0 heterocycles. The summed E-state index contributed by atoms with van der Waals surface area (Å²) < 4.78 is 58.2. The maximum atomic E-state index is 14.8. The molecule has 0 aliphatic heterocycles. The molecule has 0 saturated carbocycles. The van der Waals surface area contributed by atoms with Crippen LogP contribution in [0.25, 0.3) is 76.8 Å². The van der Waals surface area contributed by atoms with E-state index in [0.29, 0.717) is 0 Å². The Bertz CT molecular complexity index is 3580. The minimum absolute atomic E-state index is 0.316. The van der Waals surface area contributed by atoms with Gasteiger partial charge in [-0.2, -0.15) is 0 Å². The van der Waals surface area contributed by atoms with E-state index in [2.05, 4.69) is 119 Å². The van der Waals surface area contributed by atoms with E-state index in [1.807, 2.05) is 36.4 Å². The largest absolute Gasteiger partial charge is 0.310 e. The van der Waals surface area contributed by atoms with Crippen molar-refractivity contribution < 1.29 is 17.6 Å². The Morgan fingerprint density at radius 1 is 0.229 bits per heavy atom. The first-order valence-corrected chi connectivity index (χ1v) is 23.1. The lowest BCUT2D eigenvalue weighted by Gasteiger charge is -2.30. The summed E-state index contributed by atoms with van der Waals surface area (Å²) in [5.74, 6) is -1.32. The van der Waals surface area contributed by atoms with Gasteiger partial charge in [-0.1, -0.05) is 121 Å². The van der Waals surface area contributed by atoms with Crippen molar-refractivity contribution in [1.82, 2.24) is 0 Å². The van der Waals surface area contributed by atoms with Crippen LogP contribution in [0.1, 0.15) is 0 Å². The highest BCUT2D eigenvalue weighted by Crippen LogP contribution is 2.49. The van der Waals surface area contributed by atoms with E-state index in [-0.39, 0.29) is 23.3 Å². The van der Waals surface area contributed by atoms with Crippen LogP contribution in [0.5, 0.6) is 0 Å². The van der Waals surface area contributed by atoms with Gasteiger partial charge in [0.1, 0.15) is 23.3 Å². The van der Waals surface area contributed by atoms with Crippen LogP contribution in [0.2, 0.25) is 0 Å². The highest BCUT2D eigenvalue weighted by Gasteiger charge is 2.24. The van der Waals surface area contributed by atoms with E-state index in [0.717, 1.165) is 111 Å². The van der Waals surface area contributed by atoms with E-state index in [1.54, 1.807) is 48.5 Å². The Balaban J connectivity index is 1.10. The van der Waals surface area contributed by atoms with Gasteiger partial charge >= 0.3 is 0 Å². The molecule has 0 unspecified atom stereocenters. The van der Waals surface area contributed by atoms with Gasteiger partial charge in [-0.3, -0.25) is 0 Å². The zero-order chi connectivity index (χ0) is 47.3. The maximum Gasteiger partial charge on any atom is 0.123 e.